The summed E-state index contributed by atoms with van der Waals surface area (Å²) in [4.78, 5) is 12.4. The molecule has 6 heteroatoms. The molecule has 0 spiro atoms. The van der Waals surface area contributed by atoms with Gasteiger partial charge >= 0.3 is 0 Å². The minimum absolute atomic E-state index is 0.0267. The highest BCUT2D eigenvalue weighted by Gasteiger charge is 2.32. The maximum Gasteiger partial charge on any atom is 0.251 e. The van der Waals surface area contributed by atoms with Crippen molar-refractivity contribution in [2.45, 2.75) is 12.8 Å². The number of methoxy groups -OCH3 is 2. The van der Waals surface area contributed by atoms with Crippen LogP contribution in [0.4, 0.5) is 0 Å². The molecule has 1 aromatic rings. The van der Waals surface area contributed by atoms with Crippen molar-refractivity contribution in [1.29, 1.82) is 0 Å². The number of nitrogens with one attached hydrogen (secondary N) is 2. The van der Waals surface area contributed by atoms with Crippen molar-refractivity contribution in [3.8, 4) is 5.75 Å². The van der Waals surface area contributed by atoms with Crippen LogP contribution < -0.4 is 15.4 Å². The van der Waals surface area contributed by atoms with Crippen molar-refractivity contribution in [1.82, 2.24) is 10.6 Å². The zero-order valence-electron chi connectivity index (χ0n) is 14.6. The molecular weight excluding hydrogens is 308 g/mol. The van der Waals surface area contributed by atoms with Crippen molar-refractivity contribution in [2.24, 2.45) is 5.41 Å². The monoisotopic (exact) mass is 336 g/mol. The minimum Gasteiger partial charge on any atom is -0.491 e. The Labute approximate surface area is 143 Å². The van der Waals surface area contributed by atoms with E-state index in [2.05, 4.69) is 10.6 Å². The fraction of sp³-hybridized carbons (Fsp3) is 0.611. The third kappa shape index (κ3) is 5.47. The molecule has 0 saturated carbocycles. The van der Waals surface area contributed by atoms with Gasteiger partial charge in [-0.3, -0.25) is 4.79 Å². The summed E-state index contributed by atoms with van der Waals surface area (Å²) in [6, 6.07) is 7.17. The molecule has 0 bridgehead atoms. The predicted molar refractivity (Wildman–Crippen MR) is 92.6 cm³/mol. The van der Waals surface area contributed by atoms with Crippen molar-refractivity contribution in [2.75, 3.05) is 53.7 Å². The average Bonchev–Trinajstić information content (AvgIpc) is 2.62. The molecule has 134 valence electrons. The van der Waals surface area contributed by atoms with Crippen LogP contribution in [-0.2, 0) is 9.47 Å². The van der Waals surface area contributed by atoms with Crippen LogP contribution in [0.25, 0.3) is 0 Å². The fourth-order valence-corrected chi connectivity index (χ4v) is 2.95. The fourth-order valence-electron chi connectivity index (χ4n) is 2.95. The molecule has 2 rings (SSSR count). The van der Waals surface area contributed by atoms with E-state index in [1.165, 1.54) is 0 Å². The van der Waals surface area contributed by atoms with Gasteiger partial charge in [-0.1, -0.05) is 0 Å². The summed E-state index contributed by atoms with van der Waals surface area (Å²) in [7, 11) is 3.35. The van der Waals surface area contributed by atoms with E-state index in [-0.39, 0.29) is 11.3 Å². The second kappa shape index (κ2) is 9.61. The normalized spacial score (nSPS) is 16.6. The van der Waals surface area contributed by atoms with E-state index in [1.807, 2.05) is 0 Å². The van der Waals surface area contributed by atoms with E-state index in [0.29, 0.717) is 31.9 Å². The number of ether oxygens (including phenoxy) is 3. The molecule has 1 fully saturated rings. The smallest absolute Gasteiger partial charge is 0.251 e. The number of amides is 1. The van der Waals surface area contributed by atoms with Crippen molar-refractivity contribution in [3.63, 3.8) is 0 Å². The van der Waals surface area contributed by atoms with E-state index >= 15 is 0 Å². The molecule has 1 heterocycles. The summed E-state index contributed by atoms with van der Waals surface area (Å²) < 4.78 is 15.8. The van der Waals surface area contributed by atoms with Gasteiger partial charge in [0.05, 0.1) is 13.2 Å². The van der Waals surface area contributed by atoms with E-state index in [4.69, 9.17) is 14.2 Å². The second-order valence-electron chi connectivity index (χ2n) is 6.23. The first-order chi connectivity index (χ1) is 11.7. The van der Waals surface area contributed by atoms with Crippen LogP contribution in [0.3, 0.4) is 0 Å². The zero-order chi connectivity index (χ0) is 17.3. The Kier molecular flexibility index (Phi) is 7.49. The Morgan fingerprint density at radius 2 is 1.83 bits per heavy atom. The van der Waals surface area contributed by atoms with Crippen LogP contribution in [0.1, 0.15) is 23.2 Å². The Balaban J connectivity index is 1.86. The lowest BCUT2D eigenvalue weighted by Crippen LogP contribution is -2.47. The highest BCUT2D eigenvalue weighted by atomic mass is 16.5. The maximum absolute atomic E-state index is 12.4. The van der Waals surface area contributed by atoms with Gasteiger partial charge in [-0.25, -0.2) is 0 Å². The van der Waals surface area contributed by atoms with E-state index in [9.17, 15) is 4.79 Å². The molecule has 0 aromatic heterocycles. The van der Waals surface area contributed by atoms with Gasteiger partial charge in [0.25, 0.3) is 5.91 Å². The summed E-state index contributed by atoms with van der Waals surface area (Å²) in [5.74, 6) is 0.672. The van der Waals surface area contributed by atoms with Gasteiger partial charge in [0.15, 0.2) is 0 Å². The lowest BCUT2D eigenvalue weighted by molar-refractivity contribution is 0.0511. The summed E-state index contributed by atoms with van der Waals surface area (Å²) in [6.07, 6.45) is 2.01. The highest BCUT2D eigenvalue weighted by molar-refractivity contribution is 5.94. The number of hydrogen-bond acceptors (Lipinski definition) is 5. The van der Waals surface area contributed by atoms with Crippen molar-refractivity contribution < 1.29 is 19.0 Å². The van der Waals surface area contributed by atoms with Crippen LogP contribution in [-0.4, -0.2) is 59.6 Å². The molecule has 6 nitrogen and oxygen atoms in total. The highest BCUT2D eigenvalue weighted by Crippen LogP contribution is 2.28. The molecule has 1 amide bonds. The molecule has 24 heavy (non-hydrogen) atoms. The first kappa shape index (κ1) is 18.7. The Morgan fingerprint density at radius 3 is 2.46 bits per heavy atom. The SMILES string of the molecule is COCCOc1ccc(C(=O)NCC2(COC)CCNCC2)cc1. The summed E-state index contributed by atoms with van der Waals surface area (Å²) in [5.41, 5.74) is 0.661. The number of carbonyl (C=O) groups is 1. The predicted octanol–water partition coefficient (Wildman–Crippen LogP) is 1.46. The molecule has 0 atom stereocenters. The summed E-state index contributed by atoms with van der Waals surface area (Å²) in [6.45, 7) is 4.27. The number of carbonyl (C=O) groups excluding carboxylic acids is 1. The Bertz CT molecular complexity index is 493. The van der Waals surface area contributed by atoms with Crippen LogP contribution in [0, 0.1) is 5.41 Å². The third-order valence-corrected chi connectivity index (χ3v) is 4.41. The second-order valence-corrected chi connectivity index (χ2v) is 6.23. The lowest BCUT2D eigenvalue weighted by Gasteiger charge is -2.37. The van der Waals surface area contributed by atoms with Crippen LogP contribution in [0.5, 0.6) is 5.75 Å². The summed E-state index contributed by atoms with van der Waals surface area (Å²) in [5, 5.41) is 6.41. The molecule has 1 aliphatic heterocycles. The largest absolute Gasteiger partial charge is 0.491 e. The van der Waals surface area contributed by atoms with E-state index in [1.54, 1.807) is 38.5 Å². The van der Waals surface area contributed by atoms with Gasteiger partial charge in [0.2, 0.25) is 0 Å². The van der Waals surface area contributed by atoms with Gasteiger partial charge in [0.1, 0.15) is 12.4 Å². The van der Waals surface area contributed by atoms with Gasteiger partial charge in [-0.2, -0.15) is 0 Å². The van der Waals surface area contributed by atoms with Crippen LogP contribution >= 0.6 is 0 Å². The molecule has 2 N–H and O–H groups in total. The number of hydrogen-bond donors (Lipinski definition) is 2. The Hall–Kier alpha value is -1.63. The molecule has 1 aliphatic rings. The third-order valence-electron chi connectivity index (χ3n) is 4.41. The van der Waals surface area contributed by atoms with E-state index in [0.717, 1.165) is 31.7 Å². The Morgan fingerprint density at radius 1 is 1.12 bits per heavy atom. The molecule has 0 aliphatic carbocycles. The molecule has 1 aromatic carbocycles. The zero-order valence-corrected chi connectivity index (χ0v) is 14.6. The number of benzene rings is 1. The molecular formula is C18H28N2O4. The first-order valence-corrected chi connectivity index (χ1v) is 8.39. The van der Waals surface area contributed by atoms with Crippen LogP contribution in [0.15, 0.2) is 24.3 Å². The number of rotatable bonds is 9. The topological polar surface area (TPSA) is 68.8 Å². The van der Waals surface area contributed by atoms with E-state index < -0.39 is 0 Å². The lowest BCUT2D eigenvalue weighted by atomic mass is 9.79. The van der Waals surface area contributed by atoms with Crippen LogP contribution in [0.2, 0.25) is 0 Å². The van der Waals surface area contributed by atoms with Gasteiger partial charge in [-0.15, -0.1) is 0 Å². The first-order valence-electron chi connectivity index (χ1n) is 8.39. The average molecular weight is 336 g/mol. The van der Waals surface area contributed by atoms with Gasteiger partial charge in [0, 0.05) is 31.7 Å². The van der Waals surface area contributed by atoms with Crippen molar-refractivity contribution >= 4 is 5.91 Å². The molecule has 1 saturated heterocycles. The molecule has 0 radical (unpaired) electrons. The maximum atomic E-state index is 12.4. The molecule has 0 unspecified atom stereocenters. The minimum atomic E-state index is -0.0625. The van der Waals surface area contributed by atoms with Crippen molar-refractivity contribution in [3.05, 3.63) is 29.8 Å². The standard InChI is InChI=1S/C18H28N2O4/c1-22-11-12-24-16-5-3-15(4-6-16)17(21)20-13-18(14-23-2)7-9-19-10-8-18/h3-6,19H,7-14H2,1-2H3,(H,20,21). The van der Waals surface area contributed by atoms with Gasteiger partial charge < -0.3 is 24.8 Å². The number of piperidine rings is 1. The quantitative estimate of drug-likeness (QED) is 0.668. The van der Waals surface area contributed by atoms with Gasteiger partial charge in [-0.05, 0) is 50.2 Å². The summed E-state index contributed by atoms with van der Waals surface area (Å²) >= 11 is 0.